The molecule has 0 spiro atoms. The fraction of sp³-hybridized carbons (Fsp3) is 0.111. The number of fused-ring (bicyclic) bond motifs is 1. The van der Waals surface area contributed by atoms with Crippen LogP contribution in [0.3, 0.4) is 0 Å². The van der Waals surface area contributed by atoms with E-state index in [0.29, 0.717) is 5.56 Å². The second kappa shape index (κ2) is 6.08. The molecule has 0 bridgehead atoms. The number of methoxy groups -OCH3 is 2. The molecular formula is C18H14O6. The molecule has 0 amide bonds. The van der Waals surface area contributed by atoms with Crippen LogP contribution in [0.4, 0.5) is 0 Å². The predicted octanol–water partition coefficient (Wildman–Crippen LogP) is 3.38. The second-order valence-electron chi connectivity index (χ2n) is 5.01. The van der Waals surface area contributed by atoms with E-state index in [4.69, 9.17) is 13.9 Å². The van der Waals surface area contributed by atoms with Gasteiger partial charge in [-0.05, 0) is 12.1 Å². The largest absolute Gasteiger partial charge is 0.493 e. The summed E-state index contributed by atoms with van der Waals surface area (Å²) in [4.78, 5) is 24.0. The SMILES string of the molecule is COc1cc(C(=O)O)c2cc(C(=O)c3ccccc3)oc2c1OC. The summed E-state index contributed by atoms with van der Waals surface area (Å²) >= 11 is 0. The molecule has 0 saturated heterocycles. The third-order valence-electron chi connectivity index (χ3n) is 3.64. The first-order valence-corrected chi connectivity index (χ1v) is 7.08. The van der Waals surface area contributed by atoms with Gasteiger partial charge in [-0.2, -0.15) is 0 Å². The molecule has 0 aliphatic carbocycles. The maximum atomic E-state index is 12.5. The summed E-state index contributed by atoms with van der Waals surface area (Å²) in [7, 11) is 2.81. The number of benzene rings is 2. The van der Waals surface area contributed by atoms with Gasteiger partial charge in [0.1, 0.15) is 0 Å². The van der Waals surface area contributed by atoms with Crippen LogP contribution >= 0.6 is 0 Å². The normalized spacial score (nSPS) is 10.6. The Hall–Kier alpha value is -3.28. The molecule has 1 N–H and O–H groups in total. The average molecular weight is 326 g/mol. The number of carboxylic acids is 1. The van der Waals surface area contributed by atoms with Gasteiger partial charge in [0.05, 0.1) is 19.8 Å². The molecule has 1 heterocycles. The standard InChI is InChI=1S/C18H14O6/c1-22-14-9-12(18(20)21)11-8-13(24-16(11)17(14)23-2)15(19)10-6-4-3-5-7-10/h3-9H,1-2H3,(H,20,21). The van der Waals surface area contributed by atoms with Crippen LogP contribution in [0.1, 0.15) is 26.5 Å². The molecule has 122 valence electrons. The third kappa shape index (κ3) is 2.48. The van der Waals surface area contributed by atoms with Gasteiger partial charge in [0, 0.05) is 10.9 Å². The van der Waals surface area contributed by atoms with Crippen molar-refractivity contribution in [3.05, 3.63) is 59.4 Å². The fourth-order valence-electron chi connectivity index (χ4n) is 2.51. The minimum absolute atomic E-state index is 0.0292. The highest BCUT2D eigenvalue weighted by Gasteiger charge is 2.24. The number of ether oxygens (including phenoxy) is 2. The lowest BCUT2D eigenvalue weighted by atomic mass is 10.1. The van der Waals surface area contributed by atoms with E-state index in [9.17, 15) is 14.7 Å². The van der Waals surface area contributed by atoms with Gasteiger partial charge >= 0.3 is 5.97 Å². The number of hydrogen-bond acceptors (Lipinski definition) is 5. The first kappa shape index (κ1) is 15.6. The number of aromatic carboxylic acids is 1. The van der Waals surface area contributed by atoms with Crippen LogP contribution in [0.2, 0.25) is 0 Å². The Morgan fingerprint density at radius 1 is 1.04 bits per heavy atom. The van der Waals surface area contributed by atoms with E-state index in [0.717, 1.165) is 0 Å². The summed E-state index contributed by atoms with van der Waals surface area (Å²) in [5.41, 5.74) is 0.575. The maximum Gasteiger partial charge on any atom is 0.336 e. The van der Waals surface area contributed by atoms with Gasteiger partial charge in [0.25, 0.3) is 0 Å². The predicted molar refractivity (Wildman–Crippen MR) is 86.2 cm³/mol. The third-order valence-corrected chi connectivity index (χ3v) is 3.64. The first-order valence-electron chi connectivity index (χ1n) is 7.08. The first-order chi connectivity index (χ1) is 11.6. The van der Waals surface area contributed by atoms with E-state index in [1.54, 1.807) is 30.3 Å². The van der Waals surface area contributed by atoms with Crippen molar-refractivity contribution >= 4 is 22.7 Å². The topological polar surface area (TPSA) is 86.0 Å². The van der Waals surface area contributed by atoms with Crippen molar-refractivity contribution in [1.29, 1.82) is 0 Å². The monoisotopic (exact) mass is 326 g/mol. The molecule has 0 aliphatic heterocycles. The minimum atomic E-state index is -1.15. The molecule has 2 aromatic carbocycles. The number of hydrogen-bond donors (Lipinski definition) is 1. The van der Waals surface area contributed by atoms with E-state index < -0.39 is 5.97 Å². The Labute approximate surface area is 137 Å². The van der Waals surface area contributed by atoms with Crippen LogP contribution in [0.25, 0.3) is 11.0 Å². The number of rotatable bonds is 5. The number of furan rings is 1. The van der Waals surface area contributed by atoms with Gasteiger partial charge in [-0.3, -0.25) is 4.79 Å². The number of carbonyl (C=O) groups is 2. The molecule has 0 fully saturated rings. The van der Waals surface area contributed by atoms with Gasteiger partial charge < -0.3 is 19.0 Å². The van der Waals surface area contributed by atoms with Crippen molar-refractivity contribution in [2.45, 2.75) is 0 Å². The lowest BCUT2D eigenvalue weighted by molar-refractivity contribution is 0.0698. The molecule has 0 atom stereocenters. The Bertz CT molecular complexity index is 924. The zero-order valence-electron chi connectivity index (χ0n) is 13.0. The van der Waals surface area contributed by atoms with E-state index in [1.165, 1.54) is 26.4 Å². The summed E-state index contributed by atoms with van der Waals surface area (Å²) in [6.45, 7) is 0. The van der Waals surface area contributed by atoms with Gasteiger partial charge in [-0.15, -0.1) is 0 Å². The average Bonchev–Trinajstić information content (AvgIpc) is 3.04. The molecule has 0 unspecified atom stereocenters. The zero-order valence-corrected chi connectivity index (χ0v) is 13.0. The van der Waals surface area contributed by atoms with Crippen LogP contribution in [0.15, 0.2) is 46.9 Å². The summed E-state index contributed by atoms with van der Waals surface area (Å²) in [6.07, 6.45) is 0. The quantitative estimate of drug-likeness (QED) is 0.723. The van der Waals surface area contributed by atoms with Crippen LogP contribution in [0.5, 0.6) is 11.5 Å². The highest BCUT2D eigenvalue weighted by Crippen LogP contribution is 2.40. The number of carbonyl (C=O) groups excluding carboxylic acids is 1. The Morgan fingerprint density at radius 3 is 2.33 bits per heavy atom. The molecular weight excluding hydrogens is 312 g/mol. The number of ketones is 1. The molecule has 24 heavy (non-hydrogen) atoms. The van der Waals surface area contributed by atoms with E-state index in [1.807, 2.05) is 0 Å². The van der Waals surface area contributed by atoms with Crippen molar-refractivity contribution in [1.82, 2.24) is 0 Å². The Morgan fingerprint density at radius 2 is 1.75 bits per heavy atom. The molecule has 6 nitrogen and oxygen atoms in total. The molecule has 0 aliphatic rings. The smallest absolute Gasteiger partial charge is 0.336 e. The molecule has 3 rings (SSSR count). The Balaban J connectivity index is 2.25. The van der Waals surface area contributed by atoms with Crippen molar-refractivity contribution in [2.24, 2.45) is 0 Å². The highest BCUT2D eigenvalue weighted by atomic mass is 16.5. The van der Waals surface area contributed by atoms with E-state index in [-0.39, 0.29) is 39.6 Å². The Kier molecular flexibility index (Phi) is 3.95. The fourth-order valence-corrected chi connectivity index (χ4v) is 2.51. The second-order valence-corrected chi connectivity index (χ2v) is 5.01. The zero-order chi connectivity index (χ0) is 17.3. The van der Waals surface area contributed by atoms with Crippen molar-refractivity contribution in [3.63, 3.8) is 0 Å². The van der Waals surface area contributed by atoms with E-state index in [2.05, 4.69) is 0 Å². The van der Waals surface area contributed by atoms with E-state index >= 15 is 0 Å². The van der Waals surface area contributed by atoms with Gasteiger partial charge in [-0.1, -0.05) is 30.3 Å². The summed E-state index contributed by atoms with van der Waals surface area (Å²) in [6, 6.07) is 11.3. The molecule has 0 radical (unpaired) electrons. The molecule has 1 aromatic heterocycles. The summed E-state index contributed by atoms with van der Waals surface area (Å²) in [5.74, 6) is -1.00. The van der Waals surface area contributed by atoms with Crippen LogP contribution in [-0.2, 0) is 0 Å². The van der Waals surface area contributed by atoms with Crippen molar-refractivity contribution in [2.75, 3.05) is 14.2 Å². The molecule has 3 aromatic rings. The number of carboxylic acid groups (broad SMARTS) is 1. The van der Waals surface area contributed by atoms with Crippen LogP contribution < -0.4 is 9.47 Å². The molecule has 6 heteroatoms. The molecule has 0 saturated carbocycles. The van der Waals surface area contributed by atoms with Gasteiger partial charge in [0.15, 0.2) is 17.1 Å². The summed E-state index contributed by atoms with van der Waals surface area (Å²) in [5, 5.41) is 9.69. The minimum Gasteiger partial charge on any atom is -0.493 e. The van der Waals surface area contributed by atoms with Gasteiger partial charge in [-0.25, -0.2) is 4.79 Å². The van der Waals surface area contributed by atoms with Crippen LogP contribution in [-0.4, -0.2) is 31.1 Å². The maximum absolute atomic E-state index is 12.5. The highest BCUT2D eigenvalue weighted by molar-refractivity contribution is 6.12. The van der Waals surface area contributed by atoms with Crippen LogP contribution in [0, 0.1) is 0 Å². The lowest BCUT2D eigenvalue weighted by Gasteiger charge is -2.09. The summed E-state index contributed by atoms with van der Waals surface area (Å²) < 4.78 is 16.0. The van der Waals surface area contributed by atoms with Gasteiger partial charge in [0.2, 0.25) is 11.5 Å². The van der Waals surface area contributed by atoms with Crippen molar-refractivity contribution < 1.29 is 28.6 Å². The van der Waals surface area contributed by atoms with Crippen molar-refractivity contribution in [3.8, 4) is 11.5 Å². The lowest BCUT2D eigenvalue weighted by Crippen LogP contribution is -2.00.